The van der Waals surface area contributed by atoms with Crippen LogP contribution in [-0.4, -0.2) is 25.8 Å². The van der Waals surface area contributed by atoms with Crippen LogP contribution in [0.2, 0.25) is 0 Å². The van der Waals surface area contributed by atoms with Crippen LogP contribution in [0.4, 0.5) is 0 Å². The van der Waals surface area contributed by atoms with Gasteiger partial charge in [-0.2, -0.15) is 0 Å². The molecule has 3 nitrogen and oxygen atoms in total. The van der Waals surface area contributed by atoms with Crippen molar-refractivity contribution in [3.05, 3.63) is 23.8 Å². The van der Waals surface area contributed by atoms with E-state index in [1.54, 1.807) is 0 Å². The molecule has 21 heavy (non-hydrogen) atoms. The smallest absolute Gasteiger partial charge is 0.161 e. The van der Waals surface area contributed by atoms with E-state index in [0.29, 0.717) is 25.2 Å². The number of nitrogens with one attached hydrogen (secondary N) is 1. The minimum Gasteiger partial charge on any atom is -0.490 e. The van der Waals surface area contributed by atoms with Crippen molar-refractivity contribution >= 4 is 0 Å². The van der Waals surface area contributed by atoms with Crippen molar-refractivity contribution in [1.29, 1.82) is 0 Å². The molecule has 1 aliphatic rings. The van der Waals surface area contributed by atoms with E-state index in [9.17, 15) is 0 Å². The van der Waals surface area contributed by atoms with Gasteiger partial charge < -0.3 is 14.8 Å². The van der Waals surface area contributed by atoms with Crippen molar-refractivity contribution in [3.63, 3.8) is 0 Å². The normalized spacial score (nSPS) is 21.2. The molecule has 0 heterocycles. The quantitative estimate of drug-likeness (QED) is 0.786. The standard InChI is InChI=1S/C18H29NO2/c1-5-20-17-10-8-14(11-18(17)21-6-2)16-9-7-15(16)12-19-13(3)4/h8,10-11,13,15-16,19H,5-7,9,12H2,1-4H3. The van der Waals surface area contributed by atoms with E-state index < -0.39 is 0 Å². The van der Waals surface area contributed by atoms with Crippen molar-refractivity contribution in [2.75, 3.05) is 19.8 Å². The molecular weight excluding hydrogens is 262 g/mol. The molecule has 1 aromatic carbocycles. The minimum absolute atomic E-state index is 0.561. The molecule has 2 rings (SSSR count). The molecule has 0 spiro atoms. The van der Waals surface area contributed by atoms with Crippen LogP contribution in [0.15, 0.2) is 18.2 Å². The Morgan fingerprint density at radius 1 is 1.10 bits per heavy atom. The fourth-order valence-corrected chi connectivity index (χ4v) is 2.94. The second-order valence-electron chi connectivity index (χ2n) is 6.08. The maximum absolute atomic E-state index is 5.74. The minimum atomic E-state index is 0.561. The van der Waals surface area contributed by atoms with Gasteiger partial charge in [-0.15, -0.1) is 0 Å². The third kappa shape index (κ3) is 4.13. The van der Waals surface area contributed by atoms with Gasteiger partial charge in [-0.3, -0.25) is 0 Å². The van der Waals surface area contributed by atoms with Crippen molar-refractivity contribution in [3.8, 4) is 11.5 Å². The van der Waals surface area contributed by atoms with E-state index >= 15 is 0 Å². The summed E-state index contributed by atoms with van der Waals surface area (Å²) < 4.78 is 11.4. The van der Waals surface area contributed by atoms with Gasteiger partial charge in [0.1, 0.15) is 0 Å². The Balaban J connectivity index is 2.07. The predicted molar refractivity (Wildman–Crippen MR) is 87.4 cm³/mol. The van der Waals surface area contributed by atoms with Crippen LogP contribution >= 0.6 is 0 Å². The first-order chi connectivity index (χ1) is 10.2. The van der Waals surface area contributed by atoms with Crippen molar-refractivity contribution in [2.45, 2.75) is 52.5 Å². The van der Waals surface area contributed by atoms with E-state index in [1.165, 1.54) is 18.4 Å². The predicted octanol–water partition coefficient (Wildman–Crippen LogP) is 3.98. The molecule has 0 amide bonds. The van der Waals surface area contributed by atoms with Crippen LogP contribution in [-0.2, 0) is 0 Å². The third-order valence-electron chi connectivity index (χ3n) is 4.20. The Labute approximate surface area is 129 Å². The third-order valence-corrected chi connectivity index (χ3v) is 4.20. The SMILES string of the molecule is CCOc1ccc(C2CCC2CNC(C)C)cc1OCC. The van der Waals surface area contributed by atoms with E-state index in [-0.39, 0.29) is 0 Å². The van der Waals surface area contributed by atoms with Gasteiger partial charge in [0, 0.05) is 6.04 Å². The summed E-state index contributed by atoms with van der Waals surface area (Å²) >= 11 is 0. The highest BCUT2D eigenvalue weighted by atomic mass is 16.5. The molecule has 0 saturated heterocycles. The number of hydrogen-bond donors (Lipinski definition) is 1. The topological polar surface area (TPSA) is 30.5 Å². The molecule has 1 aliphatic carbocycles. The summed E-state index contributed by atoms with van der Waals surface area (Å²) in [5, 5.41) is 3.56. The molecule has 2 atom stereocenters. The lowest BCUT2D eigenvalue weighted by Gasteiger charge is -2.38. The van der Waals surface area contributed by atoms with Gasteiger partial charge >= 0.3 is 0 Å². The molecule has 0 radical (unpaired) electrons. The molecule has 1 fully saturated rings. The van der Waals surface area contributed by atoms with Gasteiger partial charge in [0.15, 0.2) is 11.5 Å². The van der Waals surface area contributed by atoms with E-state index in [4.69, 9.17) is 9.47 Å². The molecule has 1 saturated carbocycles. The van der Waals surface area contributed by atoms with Gasteiger partial charge in [0.25, 0.3) is 0 Å². The summed E-state index contributed by atoms with van der Waals surface area (Å²) in [6.07, 6.45) is 2.60. The zero-order valence-electron chi connectivity index (χ0n) is 13.8. The molecule has 2 unspecified atom stereocenters. The van der Waals surface area contributed by atoms with Crippen LogP contribution in [0, 0.1) is 5.92 Å². The van der Waals surface area contributed by atoms with Crippen molar-refractivity contribution in [2.24, 2.45) is 5.92 Å². The summed E-state index contributed by atoms with van der Waals surface area (Å²) in [5.41, 5.74) is 1.39. The number of benzene rings is 1. The monoisotopic (exact) mass is 291 g/mol. The largest absolute Gasteiger partial charge is 0.490 e. The second-order valence-corrected chi connectivity index (χ2v) is 6.08. The fourth-order valence-electron chi connectivity index (χ4n) is 2.94. The first-order valence-electron chi connectivity index (χ1n) is 8.28. The van der Waals surface area contributed by atoms with Crippen LogP contribution in [0.5, 0.6) is 11.5 Å². The average Bonchev–Trinajstić information content (AvgIpc) is 2.41. The maximum atomic E-state index is 5.74. The van der Waals surface area contributed by atoms with Crippen molar-refractivity contribution in [1.82, 2.24) is 5.32 Å². The maximum Gasteiger partial charge on any atom is 0.161 e. The first-order valence-corrected chi connectivity index (χ1v) is 8.28. The summed E-state index contributed by atoms with van der Waals surface area (Å²) in [4.78, 5) is 0. The summed E-state index contributed by atoms with van der Waals surface area (Å²) in [6.45, 7) is 10.9. The summed E-state index contributed by atoms with van der Waals surface area (Å²) in [5.74, 6) is 3.16. The second kappa shape index (κ2) is 7.69. The fraction of sp³-hybridized carbons (Fsp3) is 0.667. The van der Waals surface area contributed by atoms with Crippen LogP contribution in [0.3, 0.4) is 0 Å². The van der Waals surface area contributed by atoms with E-state index in [0.717, 1.165) is 24.0 Å². The molecule has 0 bridgehead atoms. The van der Waals surface area contributed by atoms with E-state index in [1.807, 2.05) is 13.8 Å². The number of hydrogen-bond acceptors (Lipinski definition) is 3. The van der Waals surface area contributed by atoms with Crippen molar-refractivity contribution < 1.29 is 9.47 Å². The Hall–Kier alpha value is -1.22. The number of ether oxygens (including phenoxy) is 2. The molecule has 0 aromatic heterocycles. The Bertz CT molecular complexity index is 445. The highest BCUT2D eigenvalue weighted by Crippen LogP contribution is 2.44. The van der Waals surface area contributed by atoms with Gasteiger partial charge in [0.05, 0.1) is 13.2 Å². The average molecular weight is 291 g/mol. The zero-order valence-corrected chi connectivity index (χ0v) is 13.8. The van der Waals surface area contributed by atoms with E-state index in [2.05, 4.69) is 37.4 Å². The highest BCUT2D eigenvalue weighted by molar-refractivity contribution is 5.44. The lowest BCUT2D eigenvalue weighted by atomic mass is 9.70. The molecule has 1 aromatic rings. The molecule has 0 aliphatic heterocycles. The Kier molecular flexibility index (Phi) is 5.92. The van der Waals surface area contributed by atoms with Gasteiger partial charge in [-0.1, -0.05) is 19.9 Å². The number of rotatable bonds is 8. The molecule has 3 heteroatoms. The molecular formula is C18H29NO2. The lowest BCUT2D eigenvalue weighted by molar-refractivity contribution is 0.238. The lowest BCUT2D eigenvalue weighted by Crippen LogP contribution is -2.36. The first kappa shape index (κ1) is 16.2. The van der Waals surface area contributed by atoms with Gasteiger partial charge in [-0.05, 0) is 62.8 Å². The van der Waals surface area contributed by atoms with Crippen LogP contribution in [0.1, 0.15) is 52.0 Å². The molecule has 118 valence electrons. The molecule has 1 N–H and O–H groups in total. The summed E-state index contributed by atoms with van der Waals surface area (Å²) in [6, 6.07) is 7.01. The van der Waals surface area contributed by atoms with Gasteiger partial charge in [0.2, 0.25) is 0 Å². The Morgan fingerprint density at radius 3 is 2.38 bits per heavy atom. The Morgan fingerprint density at radius 2 is 1.81 bits per heavy atom. The zero-order chi connectivity index (χ0) is 15.2. The van der Waals surface area contributed by atoms with Crippen LogP contribution in [0.25, 0.3) is 0 Å². The van der Waals surface area contributed by atoms with Crippen LogP contribution < -0.4 is 14.8 Å². The summed E-state index contributed by atoms with van der Waals surface area (Å²) in [7, 11) is 0. The van der Waals surface area contributed by atoms with Gasteiger partial charge in [-0.25, -0.2) is 0 Å². The highest BCUT2D eigenvalue weighted by Gasteiger charge is 2.32.